The summed E-state index contributed by atoms with van der Waals surface area (Å²) in [5.74, 6) is 0.762. The molecule has 0 amide bonds. The number of hydrogen-bond donors (Lipinski definition) is 0. The Hall–Kier alpha value is -2.61. The maximum Gasteiger partial charge on any atom is 0.149 e. The highest BCUT2D eigenvalue weighted by Crippen LogP contribution is 2.27. The Bertz CT molecular complexity index is 599. The van der Waals surface area contributed by atoms with Crippen LogP contribution in [0.5, 0.6) is 5.75 Å². The smallest absolute Gasteiger partial charge is 0.149 e. The fourth-order valence-corrected chi connectivity index (χ4v) is 2.10. The van der Waals surface area contributed by atoms with Crippen LogP contribution in [0.25, 0.3) is 0 Å². The van der Waals surface area contributed by atoms with Crippen molar-refractivity contribution in [3.05, 3.63) is 96.3 Å². The minimum atomic E-state index is -0.131. The summed E-state index contributed by atoms with van der Waals surface area (Å²) < 4.78 is 6.12. The van der Waals surface area contributed by atoms with Gasteiger partial charge in [-0.3, -0.25) is 4.98 Å². The van der Waals surface area contributed by atoms with E-state index in [1.807, 2.05) is 42.5 Å². The molecule has 20 heavy (non-hydrogen) atoms. The molecule has 0 saturated carbocycles. The molecule has 0 fully saturated rings. The molecule has 2 aromatic carbocycles. The summed E-state index contributed by atoms with van der Waals surface area (Å²) in [7, 11) is 0. The van der Waals surface area contributed by atoms with E-state index in [-0.39, 0.29) is 6.10 Å². The number of rotatable bonds is 4. The van der Waals surface area contributed by atoms with Crippen molar-refractivity contribution in [1.29, 1.82) is 0 Å². The molecule has 0 N–H and O–H groups in total. The Labute approximate surface area is 118 Å². The summed E-state index contributed by atoms with van der Waals surface area (Å²) in [5.41, 5.74) is 2.24. The van der Waals surface area contributed by atoms with Crippen molar-refractivity contribution >= 4 is 0 Å². The SMILES string of the molecule is [c]1cc(OC(c2ccccc2)c2ccccc2)ccn1. The molecule has 3 aromatic rings. The predicted octanol–water partition coefficient (Wildman–Crippen LogP) is 4.05. The van der Waals surface area contributed by atoms with Crippen molar-refractivity contribution in [3.8, 4) is 5.75 Å². The molecule has 1 heterocycles. The van der Waals surface area contributed by atoms with Gasteiger partial charge < -0.3 is 4.74 Å². The van der Waals surface area contributed by atoms with Gasteiger partial charge >= 0.3 is 0 Å². The number of aromatic nitrogens is 1. The van der Waals surface area contributed by atoms with E-state index in [0.717, 1.165) is 16.9 Å². The van der Waals surface area contributed by atoms with Crippen molar-refractivity contribution < 1.29 is 4.74 Å². The van der Waals surface area contributed by atoms with Gasteiger partial charge in [0, 0.05) is 12.3 Å². The molecule has 0 aliphatic heterocycles. The minimum Gasteiger partial charge on any atom is -0.481 e. The van der Waals surface area contributed by atoms with Gasteiger partial charge in [0.25, 0.3) is 0 Å². The Morgan fingerprint density at radius 1 is 0.800 bits per heavy atom. The second-order valence-electron chi connectivity index (χ2n) is 4.44. The molecule has 3 rings (SSSR count). The average molecular weight is 260 g/mol. The van der Waals surface area contributed by atoms with Crippen LogP contribution in [-0.4, -0.2) is 4.98 Å². The van der Waals surface area contributed by atoms with E-state index in [1.54, 1.807) is 12.3 Å². The van der Waals surface area contributed by atoms with Gasteiger partial charge in [-0.25, -0.2) is 0 Å². The zero-order valence-electron chi connectivity index (χ0n) is 10.9. The maximum absolute atomic E-state index is 6.12. The number of hydrogen-bond acceptors (Lipinski definition) is 2. The molecule has 2 heteroatoms. The first-order chi connectivity index (χ1) is 9.93. The van der Waals surface area contributed by atoms with Crippen LogP contribution in [0.1, 0.15) is 17.2 Å². The van der Waals surface area contributed by atoms with Gasteiger partial charge in [-0.15, -0.1) is 0 Å². The van der Waals surface area contributed by atoms with Gasteiger partial charge in [0.15, 0.2) is 0 Å². The lowest BCUT2D eigenvalue weighted by Gasteiger charge is -2.20. The topological polar surface area (TPSA) is 22.1 Å². The highest BCUT2D eigenvalue weighted by atomic mass is 16.5. The van der Waals surface area contributed by atoms with Crippen molar-refractivity contribution in [3.63, 3.8) is 0 Å². The van der Waals surface area contributed by atoms with Crippen LogP contribution in [0.3, 0.4) is 0 Å². The summed E-state index contributed by atoms with van der Waals surface area (Å²) in [5, 5.41) is 0. The van der Waals surface area contributed by atoms with E-state index >= 15 is 0 Å². The number of nitrogens with zero attached hydrogens (tertiary/aromatic N) is 1. The molecule has 1 aromatic heterocycles. The van der Waals surface area contributed by atoms with Crippen LogP contribution >= 0.6 is 0 Å². The van der Waals surface area contributed by atoms with E-state index in [2.05, 4.69) is 35.4 Å². The third-order valence-electron chi connectivity index (χ3n) is 3.05. The largest absolute Gasteiger partial charge is 0.481 e. The highest BCUT2D eigenvalue weighted by Gasteiger charge is 2.15. The minimum absolute atomic E-state index is 0.131. The molecule has 0 atom stereocenters. The van der Waals surface area contributed by atoms with Gasteiger partial charge in [0.2, 0.25) is 0 Å². The average Bonchev–Trinajstić information content (AvgIpc) is 2.55. The summed E-state index contributed by atoms with van der Waals surface area (Å²) in [6, 6.07) is 24.0. The fraction of sp³-hybridized carbons (Fsp3) is 0.0556. The second kappa shape index (κ2) is 6.02. The lowest BCUT2D eigenvalue weighted by Crippen LogP contribution is -2.09. The molecule has 0 aliphatic rings. The first kappa shape index (κ1) is 12.4. The summed E-state index contributed by atoms with van der Waals surface area (Å²) >= 11 is 0. The monoisotopic (exact) mass is 260 g/mol. The van der Waals surface area contributed by atoms with Gasteiger partial charge in [-0.2, -0.15) is 0 Å². The molecular weight excluding hydrogens is 246 g/mol. The number of benzene rings is 2. The zero-order chi connectivity index (χ0) is 13.6. The van der Waals surface area contributed by atoms with E-state index < -0.39 is 0 Å². The third-order valence-corrected chi connectivity index (χ3v) is 3.05. The molecule has 0 aliphatic carbocycles. The normalized spacial score (nSPS) is 10.4. The van der Waals surface area contributed by atoms with Gasteiger partial charge in [-0.1, -0.05) is 60.7 Å². The maximum atomic E-state index is 6.12. The predicted molar refractivity (Wildman–Crippen MR) is 78.4 cm³/mol. The Kier molecular flexibility index (Phi) is 3.74. The Morgan fingerprint density at radius 2 is 1.40 bits per heavy atom. The van der Waals surface area contributed by atoms with Crippen LogP contribution in [0.4, 0.5) is 0 Å². The fourth-order valence-electron chi connectivity index (χ4n) is 2.10. The molecule has 0 spiro atoms. The molecule has 2 nitrogen and oxygen atoms in total. The quantitative estimate of drug-likeness (QED) is 0.706. The summed E-state index contributed by atoms with van der Waals surface area (Å²) in [6.07, 6.45) is 4.35. The zero-order valence-corrected chi connectivity index (χ0v) is 10.9. The number of pyridine rings is 1. The van der Waals surface area contributed by atoms with E-state index in [4.69, 9.17) is 4.74 Å². The Morgan fingerprint density at radius 3 is 1.90 bits per heavy atom. The molecule has 0 unspecified atom stereocenters. The van der Waals surface area contributed by atoms with Crippen LogP contribution in [0.2, 0.25) is 0 Å². The van der Waals surface area contributed by atoms with E-state index in [9.17, 15) is 0 Å². The molecular formula is C18H14NO. The van der Waals surface area contributed by atoms with Crippen LogP contribution in [0, 0.1) is 6.20 Å². The van der Waals surface area contributed by atoms with Gasteiger partial charge in [-0.05, 0) is 17.2 Å². The third kappa shape index (κ3) is 2.86. The van der Waals surface area contributed by atoms with Gasteiger partial charge in [0.1, 0.15) is 11.9 Å². The van der Waals surface area contributed by atoms with E-state index in [0.29, 0.717) is 0 Å². The lowest BCUT2D eigenvalue weighted by atomic mass is 10.0. The van der Waals surface area contributed by atoms with Crippen LogP contribution < -0.4 is 4.74 Å². The summed E-state index contributed by atoms with van der Waals surface area (Å²) in [6.45, 7) is 0. The standard InChI is InChI=1S/C18H14NO/c1-3-7-15(8-4-1)18(16-9-5-2-6-10-16)20-17-11-13-19-14-12-17/h1-13,18H. The van der Waals surface area contributed by atoms with Crippen LogP contribution in [0.15, 0.2) is 79.0 Å². The molecule has 0 saturated heterocycles. The van der Waals surface area contributed by atoms with Crippen molar-refractivity contribution in [2.75, 3.05) is 0 Å². The van der Waals surface area contributed by atoms with E-state index in [1.165, 1.54) is 0 Å². The molecule has 1 radical (unpaired) electrons. The molecule has 97 valence electrons. The first-order valence-corrected chi connectivity index (χ1v) is 6.52. The highest BCUT2D eigenvalue weighted by molar-refractivity contribution is 5.32. The van der Waals surface area contributed by atoms with Crippen molar-refractivity contribution in [2.24, 2.45) is 0 Å². The number of ether oxygens (including phenoxy) is 1. The lowest BCUT2D eigenvalue weighted by molar-refractivity contribution is 0.247. The first-order valence-electron chi connectivity index (χ1n) is 6.52. The summed E-state index contributed by atoms with van der Waals surface area (Å²) in [4.78, 5) is 3.89. The van der Waals surface area contributed by atoms with Crippen molar-refractivity contribution in [1.82, 2.24) is 4.98 Å². The van der Waals surface area contributed by atoms with Crippen LogP contribution in [-0.2, 0) is 0 Å². The Balaban J connectivity index is 1.96. The van der Waals surface area contributed by atoms with Gasteiger partial charge in [0.05, 0.1) is 6.20 Å². The van der Waals surface area contributed by atoms with Crippen molar-refractivity contribution in [2.45, 2.75) is 6.10 Å². The molecule has 0 bridgehead atoms. The second-order valence-corrected chi connectivity index (χ2v) is 4.44.